The van der Waals surface area contributed by atoms with Crippen LogP contribution in [0, 0.1) is 24.7 Å². The number of carboxylic acid groups (broad SMARTS) is 2. The first-order valence-electron chi connectivity index (χ1n) is 21.1. The van der Waals surface area contributed by atoms with Crippen LogP contribution in [0.3, 0.4) is 0 Å². The maximum absolute atomic E-state index is 12.5. The first kappa shape index (κ1) is 54.5. The molecular weight excluding hydrogens is 911 g/mol. The van der Waals surface area contributed by atoms with Gasteiger partial charge in [-0.2, -0.15) is 0 Å². The Hall–Kier alpha value is -5.84. The quantitative estimate of drug-likeness (QED) is 0.0869. The minimum Gasteiger partial charge on any atom is -0.478 e. The van der Waals surface area contributed by atoms with Gasteiger partial charge in [0.15, 0.2) is 0 Å². The number of ether oxygens (including phenoxy) is 2. The number of esters is 2. The predicted molar refractivity (Wildman–Crippen MR) is 258 cm³/mol. The average molecular weight is 974 g/mol. The molecule has 1 fully saturated rings. The molecule has 1 aliphatic rings. The fourth-order valence-corrected chi connectivity index (χ4v) is 6.48. The number of nitrogens with one attached hydrogen (secondary N) is 2. The Morgan fingerprint density at radius 2 is 1.00 bits per heavy atom. The summed E-state index contributed by atoms with van der Waals surface area (Å²) in [4.78, 5) is 70.7. The van der Waals surface area contributed by atoms with E-state index in [0.717, 1.165) is 16.6 Å². The van der Waals surface area contributed by atoms with Crippen molar-refractivity contribution in [3.05, 3.63) is 122 Å². The molecule has 66 heavy (non-hydrogen) atoms. The first-order valence-corrected chi connectivity index (χ1v) is 21.9. The standard InChI is InChI=1S/C22H25NO5.C14H19BO4.C14H18BrNO3/c1-13-6-7-15(20(25)26)11-17(13)16-9-8-14(10-18(16)21(27)28-5)19(24)23-12-22(2,3)4;1-9-6-7-10(12(16)17)8-11(9)15-18-13(2,3)14(4,5)19-15;1-14(2,3)8-16-12(17)9-5-6-11(15)10(7-9)13(18)19-4/h6-11H,12H2,1-5H3,(H,23,24)(H,25,26);6-8H,1-5H3,(H,16,17);5-7H,8H2,1-4H3,(H,16,17). The summed E-state index contributed by atoms with van der Waals surface area (Å²) in [6.07, 6.45) is 0. The topological polar surface area (TPSA) is 204 Å². The predicted octanol–water partition coefficient (Wildman–Crippen LogP) is 8.93. The van der Waals surface area contributed by atoms with E-state index in [1.165, 1.54) is 38.5 Å². The SMILES string of the molecule is COC(=O)c1cc(C(=O)NCC(C)(C)C)ccc1-c1cc(C(=O)O)ccc1C.COC(=O)c1cc(C(=O)NCC(C)(C)C)ccc1Br.Cc1ccc(C(=O)O)cc1B1OC(C)(C)C(C)(C)O1. The number of hydrogen-bond donors (Lipinski definition) is 4. The third-order valence-corrected chi connectivity index (χ3v) is 11.4. The third-order valence-electron chi connectivity index (χ3n) is 10.7. The molecule has 2 amide bonds. The lowest BCUT2D eigenvalue weighted by atomic mass is 9.75. The normalized spacial score (nSPS) is 13.8. The molecule has 0 unspecified atom stereocenters. The lowest BCUT2D eigenvalue weighted by molar-refractivity contribution is 0.00578. The van der Waals surface area contributed by atoms with Crippen LogP contribution in [0.4, 0.5) is 0 Å². The van der Waals surface area contributed by atoms with Gasteiger partial charge in [0.25, 0.3) is 11.8 Å². The second-order valence-electron chi connectivity index (χ2n) is 19.2. The van der Waals surface area contributed by atoms with Crippen molar-refractivity contribution in [2.45, 2.75) is 94.3 Å². The summed E-state index contributed by atoms with van der Waals surface area (Å²) < 4.78 is 22.0. The number of aryl methyl sites for hydroxylation is 2. The summed E-state index contributed by atoms with van der Waals surface area (Å²) in [5, 5.41) is 24.0. The molecule has 4 aromatic carbocycles. The number of aromatic carboxylic acids is 2. The van der Waals surface area contributed by atoms with Gasteiger partial charge >= 0.3 is 31.0 Å². The molecule has 0 spiro atoms. The van der Waals surface area contributed by atoms with E-state index < -0.39 is 42.2 Å². The van der Waals surface area contributed by atoms with Crippen LogP contribution >= 0.6 is 15.9 Å². The number of carbonyl (C=O) groups is 6. The molecule has 1 saturated heterocycles. The highest BCUT2D eigenvalue weighted by Gasteiger charge is 2.52. The maximum atomic E-state index is 12.5. The zero-order chi connectivity index (χ0) is 50.1. The van der Waals surface area contributed by atoms with Crippen molar-refractivity contribution in [1.29, 1.82) is 0 Å². The van der Waals surface area contributed by atoms with Crippen molar-refractivity contribution in [2.75, 3.05) is 27.3 Å². The largest absolute Gasteiger partial charge is 0.495 e. The molecule has 1 heterocycles. The fourth-order valence-electron chi connectivity index (χ4n) is 6.07. The van der Waals surface area contributed by atoms with E-state index in [1.807, 2.05) is 83.1 Å². The Kier molecular flexibility index (Phi) is 18.3. The molecule has 5 rings (SSSR count). The number of carboxylic acids is 2. The van der Waals surface area contributed by atoms with Gasteiger partial charge in [-0.1, -0.05) is 65.3 Å². The van der Waals surface area contributed by atoms with Crippen molar-refractivity contribution >= 4 is 64.2 Å². The molecular formula is C50H62BBrN2O12. The Labute approximate surface area is 396 Å². The summed E-state index contributed by atoms with van der Waals surface area (Å²) in [7, 11) is 2.05. The van der Waals surface area contributed by atoms with Crippen LogP contribution in [0.1, 0.15) is 143 Å². The summed E-state index contributed by atoms with van der Waals surface area (Å²) in [5.41, 5.74) is 4.41. The monoisotopic (exact) mass is 972 g/mol. The molecule has 4 N–H and O–H groups in total. The van der Waals surface area contributed by atoms with E-state index >= 15 is 0 Å². The number of rotatable bonds is 10. The highest BCUT2D eigenvalue weighted by Crippen LogP contribution is 2.37. The van der Waals surface area contributed by atoms with Gasteiger partial charge in [-0.05, 0) is 145 Å². The highest BCUT2D eigenvalue weighted by molar-refractivity contribution is 9.10. The van der Waals surface area contributed by atoms with Gasteiger partial charge in [0.1, 0.15) is 0 Å². The molecule has 4 aromatic rings. The van der Waals surface area contributed by atoms with Crippen molar-refractivity contribution in [1.82, 2.24) is 10.6 Å². The van der Waals surface area contributed by atoms with Crippen LogP contribution in [0.2, 0.25) is 0 Å². The van der Waals surface area contributed by atoms with Crippen molar-refractivity contribution in [3.8, 4) is 11.1 Å². The number of methoxy groups -OCH3 is 2. The molecule has 0 bridgehead atoms. The molecule has 14 nitrogen and oxygen atoms in total. The Bertz CT molecular complexity index is 2450. The van der Waals surface area contributed by atoms with Crippen LogP contribution in [0.25, 0.3) is 11.1 Å². The van der Waals surface area contributed by atoms with E-state index in [4.69, 9.17) is 19.2 Å². The van der Waals surface area contributed by atoms with Crippen molar-refractivity contribution < 1.29 is 57.8 Å². The van der Waals surface area contributed by atoms with Gasteiger partial charge in [-0.25, -0.2) is 19.2 Å². The number of halogens is 1. The van der Waals surface area contributed by atoms with Crippen LogP contribution in [0.15, 0.2) is 77.3 Å². The highest BCUT2D eigenvalue weighted by atomic mass is 79.9. The zero-order valence-electron chi connectivity index (χ0n) is 40.3. The molecule has 0 saturated carbocycles. The van der Waals surface area contributed by atoms with E-state index in [-0.39, 0.29) is 39.3 Å². The molecule has 0 atom stereocenters. The lowest BCUT2D eigenvalue weighted by Gasteiger charge is -2.32. The molecule has 354 valence electrons. The lowest BCUT2D eigenvalue weighted by Crippen LogP contribution is -2.41. The molecule has 0 aliphatic carbocycles. The number of amides is 2. The van der Waals surface area contributed by atoms with Gasteiger partial charge in [-0.3, -0.25) is 9.59 Å². The molecule has 16 heteroatoms. The first-order chi connectivity index (χ1) is 30.4. The summed E-state index contributed by atoms with van der Waals surface area (Å²) in [5.74, 6) is -3.56. The van der Waals surface area contributed by atoms with Crippen LogP contribution in [-0.2, 0) is 18.8 Å². The van der Waals surface area contributed by atoms with Crippen molar-refractivity contribution in [3.63, 3.8) is 0 Å². The Balaban J connectivity index is 0.000000271. The van der Waals surface area contributed by atoms with Gasteiger partial charge in [0.2, 0.25) is 0 Å². The zero-order valence-corrected chi connectivity index (χ0v) is 41.9. The van der Waals surface area contributed by atoms with Crippen LogP contribution in [-0.4, -0.2) is 91.5 Å². The van der Waals surface area contributed by atoms with E-state index in [2.05, 4.69) is 31.3 Å². The second kappa shape index (κ2) is 22.1. The van der Waals surface area contributed by atoms with Gasteiger partial charge in [-0.15, -0.1) is 0 Å². The Morgan fingerprint density at radius 1 is 0.591 bits per heavy atom. The second-order valence-corrected chi connectivity index (χ2v) is 20.1. The number of carbonyl (C=O) groups excluding carboxylic acids is 4. The summed E-state index contributed by atoms with van der Waals surface area (Å²) in [6, 6.07) is 19.3. The molecule has 0 aromatic heterocycles. The minimum atomic E-state index is -1.06. The average Bonchev–Trinajstić information content (AvgIpc) is 3.46. The molecule has 1 aliphatic heterocycles. The smallest absolute Gasteiger partial charge is 0.478 e. The van der Waals surface area contributed by atoms with Crippen molar-refractivity contribution in [2.24, 2.45) is 10.8 Å². The third kappa shape index (κ3) is 14.8. The fraction of sp³-hybridized carbons (Fsp3) is 0.400. The van der Waals surface area contributed by atoms with E-state index in [9.17, 15) is 33.9 Å². The summed E-state index contributed by atoms with van der Waals surface area (Å²) >= 11 is 3.26. The number of benzene rings is 4. The summed E-state index contributed by atoms with van der Waals surface area (Å²) in [6.45, 7) is 24.8. The van der Waals surface area contributed by atoms with Crippen LogP contribution in [0.5, 0.6) is 0 Å². The van der Waals surface area contributed by atoms with E-state index in [1.54, 1.807) is 48.5 Å². The molecule has 0 radical (unpaired) electrons. The van der Waals surface area contributed by atoms with Gasteiger partial charge < -0.3 is 39.6 Å². The number of hydrogen-bond acceptors (Lipinski definition) is 10. The van der Waals surface area contributed by atoms with E-state index in [0.29, 0.717) is 45.4 Å². The maximum Gasteiger partial charge on any atom is 0.495 e. The van der Waals surface area contributed by atoms with Gasteiger partial charge in [0.05, 0.1) is 47.7 Å². The Morgan fingerprint density at radius 3 is 1.45 bits per heavy atom. The van der Waals surface area contributed by atoms with Crippen LogP contribution < -0.4 is 16.1 Å². The minimum absolute atomic E-state index is 0.0101. The van der Waals surface area contributed by atoms with Gasteiger partial charge in [0, 0.05) is 28.7 Å².